The van der Waals surface area contributed by atoms with E-state index < -0.39 is 6.09 Å². The number of carbonyl (C=O) groups is 1. The fourth-order valence-electron chi connectivity index (χ4n) is 3.37. The Hall–Kier alpha value is -2.21. The third-order valence-electron chi connectivity index (χ3n) is 5.68. The maximum Gasteiger partial charge on any atom is 0.407 e. The van der Waals surface area contributed by atoms with Crippen molar-refractivity contribution >= 4 is 6.09 Å². The number of rotatable bonds is 37. The molecule has 1 N–H and O–H groups in total. The first-order valence-electron chi connectivity index (χ1n) is 16.2. The average Bonchev–Trinajstić information content (AvgIpc) is 3.09. The van der Waals surface area contributed by atoms with Crippen LogP contribution in [0.25, 0.3) is 0 Å². The number of benzene rings is 1. The van der Waals surface area contributed by atoms with E-state index in [1.54, 1.807) is 6.08 Å². The molecule has 1 aromatic rings. The van der Waals surface area contributed by atoms with Crippen molar-refractivity contribution in [1.82, 2.24) is 5.32 Å². The molecule has 0 aromatic heterocycles. The molecular weight excluding hydrogens is 618 g/mol. The first-order valence-corrected chi connectivity index (χ1v) is 16.2. The number of carbonyl (C=O) groups excluding carboxylic acids is 1. The van der Waals surface area contributed by atoms with Crippen molar-refractivity contribution in [1.29, 1.82) is 0 Å². The van der Waals surface area contributed by atoms with E-state index in [1.807, 2.05) is 30.3 Å². The molecule has 0 spiro atoms. The summed E-state index contributed by atoms with van der Waals surface area (Å²) in [6.45, 7) is 15.1. The van der Waals surface area contributed by atoms with Gasteiger partial charge < -0.3 is 62.2 Å². The van der Waals surface area contributed by atoms with E-state index in [-0.39, 0.29) is 6.61 Å². The first-order chi connectivity index (χ1) is 23.3. The van der Waals surface area contributed by atoms with E-state index >= 15 is 0 Å². The van der Waals surface area contributed by atoms with E-state index in [0.717, 1.165) is 5.56 Å². The van der Waals surface area contributed by atoms with Gasteiger partial charge in [0.2, 0.25) is 0 Å². The van der Waals surface area contributed by atoms with Crippen molar-refractivity contribution in [2.24, 2.45) is 0 Å². The van der Waals surface area contributed by atoms with Gasteiger partial charge >= 0.3 is 6.09 Å². The van der Waals surface area contributed by atoms with E-state index in [1.165, 1.54) is 0 Å². The summed E-state index contributed by atoms with van der Waals surface area (Å²) in [7, 11) is 0. The molecule has 0 radical (unpaired) electrons. The largest absolute Gasteiger partial charge is 0.445 e. The minimum Gasteiger partial charge on any atom is -0.445 e. The van der Waals surface area contributed by atoms with Crippen LogP contribution in [-0.2, 0) is 63.4 Å². The van der Waals surface area contributed by atoms with Crippen LogP contribution in [0.3, 0.4) is 0 Å². The third-order valence-corrected chi connectivity index (χ3v) is 5.68. The van der Waals surface area contributed by atoms with Gasteiger partial charge in [-0.15, -0.1) is 6.58 Å². The molecule has 14 heteroatoms. The molecule has 1 aromatic carbocycles. The van der Waals surface area contributed by atoms with Gasteiger partial charge in [-0.3, -0.25) is 0 Å². The highest BCUT2D eigenvalue weighted by atomic mass is 16.6. The van der Waals surface area contributed by atoms with E-state index in [9.17, 15) is 4.79 Å². The molecule has 0 atom stereocenters. The van der Waals surface area contributed by atoms with Crippen molar-refractivity contribution in [2.75, 3.05) is 152 Å². The number of hydrogen-bond donors (Lipinski definition) is 1. The van der Waals surface area contributed by atoms with Gasteiger partial charge in [0.1, 0.15) is 6.61 Å². The van der Waals surface area contributed by atoms with Gasteiger partial charge in [0.05, 0.1) is 145 Å². The smallest absolute Gasteiger partial charge is 0.407 e. The SMILES string of the molecule is C=CCOCCOCCOCCOCCOCCOCCOCCOCCOCCOCCOCCNC(=O)OCc1ccccc1. The number of ether oxygens (including phenoxy) is 12. The van der Waals surface area contributed by atoms with Crippen LogP contribution < -0.4 is 5.32 Å². The Bertz CT molecular complexity index is 791. The van der Waals surface area contributed by atoms with Crippen LogP contribution in [0.4, 0.5) is 4.79 Å². The molecule has 14 nitrogen and oxygen atoms in total. The molecule has 0 aliphatic rings. The lowest BCUT2D eigenvalue weighted by molar-refractivity contribution is -0.0272. The Kier molecular flexibility index (Phi) is 33.4. The van der Waals surface area contributed by atoms with Crippen molar-refractivity contribution in [3.8, 4) is 0 Å². The molecule has 0 unspecified atom stereocenters. The molecular formula is C33H57NO13. The minimum atomic E-state index is -0.469. The number of nitrogens with one attached hydrogen (secondary N) is 1. The fraction of sp³-hybridized carbons (Fsp3) is 0.727. The van der Waals surface area contributed by atoms with Crippen LogP contribution in [0, 0.1) is 0 Å². The van der Waals surface area contributed by atoms with Crippen LogP contribution in [0.2, 0.25) is 0 Å². The molecule has 0 saturated carbocycles. The predicted octanol–water partition coefficient (Wildman–Crippen LogP) is 2.28. The lowest BCUT2D eigenvalue weighted by Gasteiger charge is -2.09. The summed E-state index contributed by atoms with van der Waals surface area (Å²) in [5, 5.41) is 2.64. The van der Waals surface area contributed by atoms with E-state index in [0.29, 0.717) is 152 Å². The Labute approximate surface area is 280 Å². The van der Waals surface area contributed by atoms with Gasteiger partial charge in [0, 0.05) is 6.54 Å². The lowest BCUT2D eigenvalue weighted by Crippen LogP contribution is -2.28. The van der Waals surface area contributed by atoms with Crippen LogP contribution in [0.1, 0.15) is 5.56 Å². The third kappa shape index (κ3) is 33.5. The second-order valence-corrected chi connectivity index (χ2v) is 9.48. The summed E-state index contributed by atoms with van der Waals surface area (Å²) < 4.78 is 64.8. The van der Waals surface area contributed by atoms with Crippen molar-refractivity contribution in [2.45, 2.75) is 6.61 Å². The molecule has 0 aliphatic carbocycles. The highest BCUT2D eigenvalue weighted by Crippen LogP contribution is 2.00. The van der Waals surface area contributed by atoms with Gasteiger partial charge in [-0.25, -0.2) is 4.79 Å². The number of amides is 1. The Balaban J connectivity index is 1.63. The van der Waals surface area contributed by atoms with Crippen molar-refractivity contribution < 1.29 is 61.6 Å². The molecule has 0 aliphatic heterocycles. The highest BCUT2D eigenvalue weighted by Gasteiger charge is 2.02. The Morgan fingerprint density at radius 3 is 1.15 bits per heavy atom. The standard InChI is InChI=1S/C33H57NO13/c1-2-9-36-11-13-38-15-17-40-19-21-42-23-25-44-27-29-46-30-28-45-26-24-43-22-20-41-18-16-39-14-12-37-10-8-34-33(35)47-31-32-6-4-3-5-7-32/h2-7H,1,8-31H2,(H,34,35). The predicted molar refractivity (Wildman–Crippen MR) is 174 cm³/mol. The minimum absolute atomic E-state index is 0.238. The van der Waals surface area contributed by atoms with Crippen LogP contribution >= 0.6 is 0 Å². The zero-order valence-electron chi connectivity index (χ0n) is 27.9. The van der Waals surface area contributed by atoms with Crippen LogP contribution in [0.5, 0.6) is 0 Å². The summed E-state index contributed by atoms with van der Waals surface area (Å²) in [6, 6.07) is 9.50. The normalized spacial score (nSPS) is 11.1. The molecule has 0 bridgehead atoms. The zero-order valence-corrected chi connectivity index (χ0v) is 27.9. The van der Waals surface area contributed by atoms with Crippen LogP contribution in [0.15, 0.2) is 43.0 Å². The van der Waals surface area contributed by atoms with Gasteiger partial charge in [-0.2, -0.15) is 0 Å². The molecule has 1 rings (SSSR count). The molecule has 47 heavy (non-hydrogen) atoms. The molecule has 0 fully saturated rings. The van der Waals surface area contributed by atoms with E-state index in [2.05, 4.69) is 11.9 Å². The van der Waals surface area contributed by atoms with Gasteiger partial charge in [-0.1, -0.05) is 36.4 Å². The second-order valence-electron chi connectivity index (χ2n) is 9.48. The molecule has 0 heterocycles. The Morgan fingerprint density at radius 2 is 0.809 bits per heavy atom. The molecule has 0 saturated heterocycles. The van der Waals surface area contributed by atoms with Gasteiger partial charge in [0.25, 0.3) is 0 Å². The highest BCUT2D eigenvalue weighted by molar-refractivity contribution is 5.67. The summed E-state index contributed by atoms with van der Waals surface area (Å²) in [6.07, 6.45) is 1.24. The Morgan fingerprint density at radius 1 is 0.489 bits per heavy atom. The lowest BCUT2D eigenvalue weighted by atomic mass is 10.2. The maximum atomic E-state index is 11.6. The number of alkyl carbamates (subject to hydrolysis) is 1. The molecule has 1 amide bonds. The quantitative estimate of drug-likeness (QED) is 0.0816. The summed E-state index contributed by atoms with van der Waals surface area (Å²) in [4.78, 5) is 11.6. The van der Waals surface area contributed by atoms with Crippen molar-refractivity contribution in [3.05, 3.63) is 48.6 Å². The van der Waals surface area contributed by atoms with Gasteiger partial charge in [0.15, 0.2) is 0 Å². The van der Waals surface area contributed by atoms with Crippen LogP contribution in [-0.4, -0.2) is 158 Å². The maximum absolute atomic E-state index is 11.6. The second kappa shape index (κ2) is 36.6. The zero-order chi connectivity index (χ0) is 33.6. The van der Waals surface area contributed by atoms with Crippen molar-refractivity contribution in [3.63, 3.8) is 0 Å². The first kappa shape index (κ1) is 42.8. The van der Waals surface area contributed by atoms with E-state index in [4.69, 9.17) is 56.8 Å². The topological polar surface area (TPSA) is 140 Å². The molecule has 272 valence electrons. The monoisotopic (exact) mass is 675 g/mol. The summed E-state index contributed by atoms with van der Waals surface area (Å²) >= 11 is 0. The summed E-state index contributed by atoms with van der Waals surface area (Å²) in [5.74, 6) is 0. The number of hydrogen-bond acceptors (Lipinski definition) is 13. The fourth-order valence-corrected chi connectivity index (χ4v) is 3.37. The van der Waals surface area contributed by atoms with Gasteiger partial charge in [-0.05, 0) is 5.56 Å². The summed E-state index contributed by atoms with van der Waals surface area (Å²) in [5.41, 5.74) is 0.937. The average molecular weight is 676 g/mol.